The van der Waals surface area contributed by atoms with Gasteiger partial charge in [-0.3, -0.25) is 0 Å². The van der Waals surface area contributed by atoms with Gasteiger partial charge in [-0.1, -0.05) is 23.2 Å². The third-order valence-corrected chi connectivity index (χ3v) is 3.22. The maximum Gasteiger partial charge on any atom is 0.138 e. The lowest BCUT2D eigenvalue weighted by atomic mass is 10.1. The predicted molar refractivity (Wildman–Crippen MR) is 67.1 cm³/mol. The molecule has 4 heteroatoms. The summed E-state index contributed by atoms with van der Waals surface area (Å²) in [4.78, 5) is 0. The molecule has 0 saturated carbocycles. The van der Waals surface area contributed by atoms with Crippen LogP contribution in [-0.2, 0) is 0 Å². The van der Waals surface area contributed by atoms with Crippen molar-refractivity contribution in [3.63, 3.8) is 0 Å². The Bertz CT molecular complexity index is 489. The van der Waals surface area contributed by atoms with Crippen molar-refractivity contribution in [3.05, 3.63) is 34.3 Å². The molecule has 0 atom stereocenters. The van der Waals surface area contributed by atoms with E-state index in [1.54, 1.807) is 26.4 Å². The quantitative estimate of drug-likeness (QED) is 0.804. The first kappa shape index (κ1) is 11.4. The van der Waals surface area contributed by atoms with Gasteiger partial charge in [0.2, 0.25) is 0 Å². The van der Waals surface area contributed by atoms with E-state index in [4.69, 9.17) is 32.7 Å². The molecule has 0 aliphatic heterocycles. The molecule has 0 fully saturated rings. The average molecular weight is 257 g/mol. The van der Waals surface area contributed by atoms with Crippen molar-refractivity contribution in [1.82, 2.24) is 0 Å². The molecule has 2 aromatic carbocycles. The summed E-state index contributed by atoms with van der Waals surface area (Å²) in [7, 11) is 3.16. The van der Waals surface area contributed by atoms with Crippen LogP contribution in [-0.4, -0.2) is 14.2 Å². The Balaban J connectivity index is 2.78. The van der Waals surface area contributed by atoms with E-state index in [9.17, 15) is 0 Å². The molecule has 0 aliphatic carbocycles. The van der Waals surface area contributed by atoms with Crippen molar-refractivity contribution >= 4 is 34.0 Å². The van der Waals surface area contributed by atoms with Gasteiger partial charge in [0.1, 0.15) is 11.5 Å². The summed E-state index contributed by atoms with van der Waals surface area (Å²) in [5, 5.41) is 2.83. The molecular weight excluding hydrogens is 247 g/mol. The Morgan fingerprint density at radius 1 is 0.750 bits per heavy atom. The van der Waals surface area contributed by atoms with Gasteiger partial charge in [0.25, 0.3) is 0 Å². The molecule has 84 valence electrons. The number of methoxy groups -OCH3 is 2. The molecule has 0 unspecified atom stereocenters. The summed E-state index contributed by atoms with van der Waals surface area (Å²) >= 11 is 12.4. The van der Waals surface area contributed by atoms with Gasteiger partial charge in [0, 0.05) is 10.8 Å². The molecule has 0 spiro atoms. The van der Waals surface area contributed by atoms with Crippen LogP contribution in [0.5, 0.6) is 11.5 Å². The predicted octanol–water partition coefficient (Wildman–Crippen LogP) is 4.16. The topological polar surface area (TPSA) is 18.5 Å². The first-order chi connectivity index (χ1) is 7.69. The van der Waals surface area contributed by atoms with E-state index in [2.05, 4.69) is 0 Å². The number of rotatable bonds is 2. The number of hydrogen-bond donors (Lipinski definition) is 0. The number of halogens is 2. The lowest BCUT2D eigenvalue weighted by Gasteiger charge is -2.10. The van der Waals surface area contributed by atoms with Crippen LogP contribution in [0, 0.1) is 0 Å². The van der Waals surface area contributed by atoms with E-state index < -0.39 is 0 Å². The van der Waals surface area contributed by atoms with Crippen LogP contribution >= 0.6 is 23.2 Å². The standard InChI is InChI=1S/C12H10Cl2O2/c1-15-9-5-3-8-7(11(9)13)4-6-10(16-2)12(8)14/h3-6H,1-2H3. The number of hydrogen-bond acceptors (Lipinski definition) is 2. The second-order valence-corrected chi connectivity index (χ2v) is 4.01. The summed E-state index contributed by atoms with van der Waals surface area (Å²) < 4.78 is 10.3. The maximum absolute atomic E-state index is 6.18. The third kappa shape index (κ3) is 1.68. The zero-order valence-electron chi connectivity index (χ0n) is 8.88. The van der Waals surface area contributed by atoms with Gasteiger partial charge < -0.3 is 9.47 Å². The normalized spacial score (nSPS) is 10.5. The zero-order valence-corrected chi connectivity index (χ0v) is 10.4. The van der Waals surface area contributed by atoms with Crippen molar-refractivity contribution in [2.75, 3.05) is 14.2 Å². The minimum absolute atomic E-state index is 0.560. The van der Waals surface area contributed by atoms with Crippen molar-refractivity contribution in [3.8, 4) is 11.5 Å². The highest BCUT2D eigenvalue weighted by atomic mass is 35.5. The second-order valence-electron chi connectivity index (χ2n) is 3.26. The minimum Gasteiger partial charge on any atom is -0.495 e. The van der Waals surface area contributed by atoms with Crippen LogP contribution < -0.4 is 9.47 Å². The van der Waals surface area contributed by atoms with Gasteiger partial charge in [0.15, 0.2) is 0 Å². The van der Waals surface area contributed by atoms with Gasteiger partial charge in [-0.05, 0) is 24.3 Å². The van der Waals surface area contributed by atoms with Crippen LogP contribution in [0.2, 0.25) is 10.0 Å². The van der Waals surface area contributed by atoms with Crippen molar-refractivity contribution < 1.29 is 9.47 Å². The van der Waals surface area contributed by atoms with Gasteiger partial charge in [-0.2, -0.15) is 0 Å². The number of ether oxygens (including phenoxy) is 2. The highest BCUT2D eigenvalue weighted by molar-refractivity contribution is 6.41. The lowest BCUT2D eigenvalue weighted by Crippen LogP contribution is -1.88. The van der Waals surface area contributed by atoms with Gasteiger partial charge >= 0.3 is 0 Å². The molecule has 0 radical (unpaired) electrons. The smallest absolute Gasteiger partial charge is 0.138 e. The van der Waals surface area contributed by atoms with Crippen LogP contribution in [0.15, 0.2) is 24.3 Å². The SMILES string of the molecule is COc1ccc2c(Cl)c(OC)ccc2c1Cl. The molecule has 0 aromatic heterocycles. The van der Waals surface area contributed by atoms with E-state index >= 15 is 0 Å². The summed E-state index contributed by atoms with van der Waals surface area (Å²) in [6.07, 6.45) is 0. The maximum atomic E-state index is 6.18. The molecule has 16 heavy (non-hydrogen) atoms. The number of benzene rings is 2. The summed E-state index contributed by atoms with van der Waals surface area (Å²) in [6.45, 7) is 0. The third-order valence-electron chi connectivity index (χ3n) is 2.44. The van der Waals surface area contributed by atoms with Crippen LogP contribution in [0.3, 0.4) is 0 Å². The molecule has 0 bridgehead atoms. The highest BCUT2D eigenvalue weighted by Gasteiger charge is 2.11. The molecule has 2 rings (SSSR count). The van der Waals surface area contributed by atoms with Crippen LogP contribution in [0.25, 0.3) is 10.8 Å². The molecule has 0 saturated heterocycles. The lowest BCUT2D eigenvalue weighted by molar-refractivity contribution is 0.414. The largest absolute Gasteiger partial charge is 0.495 e. The summed E-state index contributed by atoms with van der Waals surface area (Å²) in [5.41, 5.74) is 0. The fraction of sp³-hybridized carbons (Fsp3) is 0.167. The van der Waals surface area contributed by atoms with Crippen molar-refractivity contribution in [2.45, 2.75) is 0 Å². The zero-order chi connectivity index (χ0) is 11.7. The summed E-state index contributed by atoms with van der Waals surface area (Å²) in [5.74, 6) is 1.27. The number of fused-ring (bicyclic) bond motifs is 1. The molecule has 0 heterocycles. The van der Waals surface area contributed by atoms with E-state index in [-0.39, 0.29) is 0 Å². The monoisotopic (exact) mass is 256 g/mol. The van der Waals surface area contributed by atoms with Crippen LogP contribution in [0.1, 0.15) is 0 Å². The molecule has 0 aliphatic rings. The summed E-state index contributed by atoms with van der Waals surface area (Å²) in [6, 6.07) is 7.31. The Hall–Kier alpha value is -1.12. The minimum atomic E-state index is 0.560. The fourth-order valence-corrected chi connectivity index (χ4v) is 2.22. The molecule has 2 nitrogen and oxygen atoms in total. The Kier molecular flexibility index (Phi) is 3.13. The molecule has 0 N–H and O–H groups in total. The van der Waals surface area contributed by atoms with E-state index in [0.29, 0.717) is 21.5 Å². The van der Waals surface area contributed by atoms with E-state index in [1.165, 1.54) is 0 Å². The van der Waals surface area contributed by atoms with E-state index in [1.807, 2.05) is 12.1 Å². The Morgan fingerprint density at radius 3 is 1.44 bits per heavy atom. The molecule has 2 aromatic rings. The Labute approximate surface area is 104 Å². The first-order valence-electron chi connectivity index (χ1n) is 4.67. The molecule has 0 amide bonds. The van der Waals surface area contributed by atoms with Gasteiger partial charge in [-0.25, -0.2) is 0 Å². The van der Waals surface area contributed by atoms with Gasteiger partial charge in [-0.15, -0.1) is 0 Å². The van der Waals surface area contributed by atoms with Crippen LogP contribution in [0.4, 0.5) is 0 Å². The fourth-order valence-electron chi connectivity index (χ4n) is 1.61. The van der Waals surface area contributed by atoms with E-state index in [0.717, 1.165) is 10.8 Å². The first-order valence-corrected chi connectivity index (χ1v) is 5.43. The van der Waals surface area contributed by atoms with Crippen molar-refractivity contribution in [2.24, 2.45) is 0 Å². The van der Waals surface area contributed by atoms with Crippen molar-refractivity contribution in [1.29, 1.82) is 0 Å². The Morgan fingerprint density at radius 2 is 1.12 bits per heavy atom. The second kappa shape index (κ2) is 4.40. The highest BCUT2D eigenvalue weighted by Crippen LogP contribution is 2.39. The average Bonchev–Trinajstić information content (AvgIpc) is 2.31. The molecular formula is C12H10Cl2O2. The van der Waals surface area contributed by atoms with Gasteiger partial charge in [0.05, 0.1) is 24.3 Å².